The molecule has 4 nitrogen and oxygen atoms in total. The average Bonchev–Trinajstić information content (AvgIpc) is 2.91. The van der Waals surface area contributed by atoms with Crippen LogP contribution in [-0.2, 0) is 0 Å². The van der Waals surface area contributed by atoms with Gasteiger partial charge >= 0.3 is 0 Å². The molecular formula is C13H27N3O. The van der Waals surface area contributed by atoms with Crippen LogP contribution in [0.1, 0.15) is 47.5 Å². The van der Waals surface area contributed by atoms with E-state index in [9.17, 15) is 5.11 Å². The molecule has 0 saturated heterocycles. The van der Waals surface area contributed by atoms with E-state index in [1.807, 2.05) is 34.6 Å². The lowest BCUT2D eigenvalue weighted by molar-refractivity contribution is 0.0549. The molecule has 0 aliphatic heterocycles. The summed E-state index contributed by atoms with van der Waals surface area (Å²) in [5, 5.41) is 13.3. The summed E-state index contributed by atoms with van der Waals surface area (Å²) in [5.41, 5.74) is 5.74. The Hall–Kier alpha value is -0.770. The molecule has 0 aromatic rings. The van der Waals surface area contributed by atoms with Crippen LogP contribution in [0.2, 0.25) is 0 Å². The van der Waals surface area contributed by atoms with E-state index in [2.05, 4.69) is 10.3 Å². The van der Waals surface area contributed by atoms with Gasteiger partial charge in [0.25, 0.3) is 0 Å². The number of nitrogens with one attached hydrogen (secondary N) is 1. The predicted molar refractivity (Wildman–Crippen MR) is 71.9 cm³/mol. The standard InChI is InChI=1S/C13H27N3O/c1-9(2)10(17)13(6-7-13)8-15-11(14)16-12(3,4)5/h9-10,17H,6-8H2,1-5H3,(H3,14,15,16). The fourth-order valence-electron chi connectivity index (χ4n) is 2.08. The Labute approximate surface area is 105 Å². The van der Waals surface area contributed by atoms with Crippen molar-refractivity contribution in [1.29, 1.82) is 0 Å². The molecule has 0 aromatic heterocycles. The summed E-state index contributed by atoms with van der Waals surface area (Å²) in [6, 6.07) is 0. The number of hydrogen-bond acceptors (Lipinski definition) is 2. The van der Waals surface area contributed by atoms with Crippen molar-refractivity contribution in [2.24, 2.45) is 22.1 Å². The van der Waals surface area contributed by atoms with Crippen molar-refractivity contribution in [3.8, 4) is 0 Å². The van der Waals surface area contributed by atoms with Crippen LogP contribution in [0, 0.1) is 11.3 Å². The largest absolute Gasteiger partial charge is 0.392 e. The summed E-state index contributed by atoms with van der Waals surface area (Å²) in [6.07, 6.45) is 1.84. The van der Waals surface area contributed by atoms with E-state index in [-0.39, 0.29) is 23.0 Å². The third-order valence-corrected chi connectivity index (χ3v) is 3.22. The molecule has 1 saturated carbocycles. The summed E-state index contributed by atoms with van der Waals surface area (Å²) in [4.78, 5) is 4.37. The van der Waals surface area contributed by atoms with Crippen molar-refractivity contribution in [3.05, 3.63) is 0 Å². The highest BCUT2D eigenvalue weighted by Gasteiger charge is 2.49. The highest BCUT2D eigenvalue weighted by Crippen LogP contribution is 2.50. The van der Waals surface area contributed by atoms with Gasteiger partial charge in [-0.3, -0.25) is 4.99 Å². The average molecular weight is 241 g/mol. The molecule has 100 valence electrons. The number of hydrogen-bond donors (Lipinski definition) is 3. The van der Waals surface area contributed by atoms with Crippen molar-refractivity contribution in [2.45, 2.75) is 59.1 Å². The molecule has 1 fully saturated rings. The normalized spacial score (nSPS) is 21.5. The van der Waals surface area contributed by atoms with Gasteiger partial charge in [0.1, 0.15) is 0 Å². The van der Waals surface area contributed by atoms with Crippen molar-refractivity contribution in [1.82, 2.24) is 5.32 Å². The molecule has 0 aromatic carbocycles. The molecule has 4 heteroatoms. The first-order chi connectivity index (χ1) is 7.66. The highest BCUT2D eigenvalue weighted by molar-refractivity contribution is 5.78. The molecule has 1 aliphatic carbocycles. The molecule has 1 aliphatic rings. The Morgan fingerprint density at radius 3 is 2.29 bits per heavy atom. The van der Waals surface area contributed by atoms with Gasteiger partial charge in [-0.1, -0.05) is 13.8 Å². The van der Waals surface area contributed by atoms with E-state index in [0.29, 0.717) is 12.5 Å². The maximum atomic E-state index is 10.1. The monoisotopic (exact) mass is 241 g/mol. The second kappa shape index (κ2) is 4.84. The SMILES string of the molecule is CC(C)C(O)C1(CN=C(N)NC(C)(C)C)CC1. The summed E-state index contributed by atoms with van der Waals surface area (Å²) in [5.74, 6) is 0.754. The number of guanidine groups is 1. The minimum Gasteiger partial charge on any atom is -0.392 e. The van der Waals surface area contributed by atoms with Gasteiger partial charge in [-0.25, -0.2) is 0 Å². The summed E-state index contributed by atoms with van der Waals surface area (Å²) >= 11 is 0. The summed E-state index contributed by atoms with van der Waals surface area (Å²) in [6.45, 7) is 10.9. The van der Waals surface area contributed by atoms with Gasteiger partial charge in [-0.15, -0.1) is 0 Å². The van der Waals surface area contributed by atoms with Crippen LogP contribution in [0.25, 0.3) is 0 Å². The molecule has 0 amide bonds. The van der Waals surface area contributed by atoms with Gasteiger partial charge in [-0.05, 0) is 39.5 Å². The van der Waals surface area contributed by atoms with Crippen LogP contribution in [0.5, 0.6) is 0 Å². The van der Waals surface area contributed by atoms with E-state index >= 15 is 0 Å². The van der Waals surface area contributed by atoms with E-state index in [1.165, 1.54) is 0 Å². The van der Waals surface area contributed by atoms with Crippen LogP contribution >= 0.6 is 0 Å². The first-order valence-corrected chi connectivity index (χ1v) is 6.42. The topological polar surface area (TPSA) is 70.6 Å². The van der Waals surface area contributed by atoms with Crippen molar-refractivity contribution in [2.75, 3.05) is 6.54 Å². The number of nitrogens with zero attached hydrogens (tertiary/aromatic N) is 1. The van der Waals surface area contributed by atoms with Crippen molar-refractivity contribution < 1.29 is 5.11 Å². The maximum absolute atomic E-state index is 10.1. The van der Waals surface area contributed by atoms with Crippen LogP contribution in [0.3, 0.4) is 0 Å². The number of rotatable bonds is 4. The zero-order chi connectivity index (χ0) is 13.3. The maximum Gasteiger partial charge on any atom is 0.189 e. The highest BCUT2D eigenvalue weighted by atomic mass is 16.3. The fourth-order valence-corrected chi connectivity index (χ4v) is 2.08. The first-order valence-electron chi connectivity index (χ1n) is 6.42. The third kappa shape index (κ3) is 4.19. The zero-order valence-electron chi connectivity index (χ0n) is 11.7. The van der Waals surface area contributed by atoms with Crippen LogP contribution < -0.4 is 11.1 Å². The Morgan fingerprint density at radius 2 is 1.94 bits per heavy atom. The fraction of sp³-hybridized carbons (Fsp3) is 0.923. The van der Waals surface area contributed by atoms with E-state index in [1.54, 1.807) is 0 Å². The lowest BCUT2D eigenvalue weighted by atomic mass is 9.90. The Morgan fingerprint density at radius 1 is 1.41 bits per heavy atom. The molecular weight excluding hydrogens is 214 g/mol. The lowest BCUT2D eigenvalue weighted by Gasteiger charge is -2.25. The second-order valence-electron chi connectivity index (χ2n) is 6.63. The molecule has 1 unspecified atom stereocenters. The predicted octanol–water partition coefficient (Wildman–Crippen LogP) is 1.49. The molecule has 1 rings (SSSR count). The zero-order valence-corrected chi connectivity index (χ0v) is 11.7. The minimum atomic E-state index is -0.270. The van der Waals surface area contributed by atoms with E-state index < -0.39 is 0 Å². The van der Waals surface area contributed by atoms with Crippen LogP contribution in [0.15, 0.2) is 4.99 Å². The number of aliphatic imine (C=N–C) groups is 1. The molecule has 4 N–H and O–H groups in total. The molecule has 0 radical (unpaired) electrons. The van der Waals surface area contributed by atoms with Gasteiger partial charge in [0.2, 0.25) is 0 Å². The Kier molecular flexibility index (Phi) is 4.07. The number of nitrogens with two attached hydrogens (primary N) is 1. The third-order valence-electron chi connectivity index (χ3n) is 3.22. The van der Waals surface area contributed by atoms with Gasteiger partial charge < -0.3 is 16.2 Å². The number of aliphatic hydroxyl groups excluding tert-OH is 1. The first kappa shape index (κ1) is 14.3. The minimum absolute atomic E-state index is 0.0155. The van der Waals surface area contributed by atoms with Crippen LogP contribution in [0.4, 0.5) is 0 Å². The summed E-state index contributed by atoms with van der Waals surface area (Å²) in [7, 11) is 0. The van der Waals surface area contributed by atoms with Gasteiger partial charge in [0.15, 0.2) is 5.96 Å². The van der Waals surface area contributed by atoms with Gasteiger partial charge in [0.05, 0.1) is 12.6 Å². The Balaban J connectivity index is 2.53. The molecule has 0 bridgehead atoms. The van der Waals surface area contributed by atoms with Gasteiger partial charge in [0, 0.05) is 11.0 Å². The van der Waals surface area contributed by atoms with Crippen molar-refractivity contribution in [3.63, 3.8) is 0 Å². The van der Waals surface area contributed by atoms with Crippen LogP contribution in [-0.4, -0.2) is 29.3 Å². The van der Waals surface area contributed by atoms with E-state index in [0.717, 1.165) is 12.8 Å². The molecule has 0 heterocycles. The van der Waals surface area contributed by atoms with E-state index in [4.69, 9.17) is 5.73 Å². The second-order valence-corrected chi connectivity index (χ2v) is 6.63. The quantitative estimate of drug-likeness (QED) is 0.516. The number of aliphatic hydroxyl groups is 1. The molecule has 0 spiro atoms. The lowest BCUT2D eigenvalue weighted by Crippen LogP contribution is -2.45. The smallest absolute Gasteiger partial charge is 0.189 e. The summed E-state index contributed by atoms with van der Waals surface area (Å²) < 4.78 is 0. The van der Waals surface area contributed by atoms with Gasteiger partial charge in [-0.2, -0.15) is 0 Å². The molecule has 1 atom stereocenters. The molecule has 17 heavy (non-hydrogen) atoms. The van der Waals surface area contributed by atoms with Crippen molar-refractivity contribution >= 4 is 5.96 Å². The Bertz CT molecular complexity index is 288.